The summed E-state index contributed by atoms with van der Waals surface area (Å²) in [6, 6.07) is 6.52. The van der Waals surface area contributed by atoms with Crippen LogP contribution < -0.4 is 5.73 Å². The Kier molecular flexibility index (Phi) is 7.10. The Hall–Kier alpha value is -2.14. The first-order valence-corrected chi connectivity index (χ1v) is 13.8. The Morgan fingerprint density at radius 3 is 2.62 bits per heavy atom. The van der Waals surface area contributed by atoms with E-state index in [1.165, 1.54) is 74.5 Å². The van der Waals surface area contributed by atoms with Crippen molar-refractivity contribution in [1.82, 2.24) is 14.5 Å². The standard InChI is InChI=1S/C29H42N4O/c1-3-20(2)27(30)29(34)33-16-15-32-19-25(24-14-13-22-11-7-8-12-23(22)18-24)31-28(32)26(33)17-21-9-5-4-6-10-21/h13-14,18-21,26-27H,3-12,15-17,30H2,1-2H3/t20-,26-,27-/m0/s1. The lowest BCUT2D eigenvalue weighted by atomic mass is 9.83. The molecule has 0 saturated heterocycles. The zero-order chi connectivity index (χ0) is 23.7. The van der Waals surface area contributed by atoms with Crippen molar-refractivity contribution in [2.75, 3.05) is 6.54 Å². The monoisotopic (exact) mass is 462 g/mol. The van der Waals surface area contributed by atoms with Crippen LogP contribution in [0.3, 0.4) is 0 Å². The van der Waals surface area contributed by atoms with E-state index < -0.39 is 6.04 Å². The molecule has 5 rings (SSSR count). The molecule has 34 heavy (non-hydrogen) atoms. The Balaban J connectivity index is 1.46. The Bertz CT molecular complexity index is 1010. The van der Waals surface area contributed by atoms with Crippen LogP contribution in [0, 0.1) is 11.8 Å². The highest BCUT2D eigenvalue weighted by molar-refractivity contribution is 5.82. The zero-order valence-corrected chi connectivity index (χ0v) is 21.1. The lowest BCUT2D eigenvalue weighted by Gasteiger charge is -2.40. The number of fused-ring (bicyclic) bond motifs is 2. The first kappa shape index (κ1) is 23.6. The highest BCUT2D eigenvalue weighted by atomic mass is 16.2. The number of benzene rings is 1. The normalized spacial score (nSPS) is 22.7. The van der Waals surface area contributed by atoms with Crippen LogP contribution in [0.15, 0.2) is 24.4 Å². The van der Waals surface area contributed by atoms with E-state index in [1.807, 2.05) is 0 Å². The maximum absolute atomic E-state index is 13.6. The molecule has 1 aromatic carbocycles. The van der Waals surface area contributed by atoms with E-state index in [0.29, 0.717) is 5.92 Å². The number of amides is 1. The summed E-state index contributed by atoms with van der Waals surface area (Å²) < 4.78 is 2.32. The summed E-state index contributed by atoms with van der Waals surface area (Å²) >= 11 is 0. The van der Waals surface area contributed by atoms with Crippen LogP contribution in [-0.4, -0.2) is 32.9 Å². The lowest BCUT2D eigenvalue weighted by Crippen LogP contribution is -2.51. The van der Waals surface area contributed by atoms with Gasteiger partial charge in [-0.3, -0.25) is 4.79 Å². The molecule has 5 heteroatoms. The van der Waals surface area contributed by atoms with E-state index in [4.69, 9.17) is 10.7 Å². The molecule has 2 aromatic rings. The molecule has 1 aromatic heterocycles. The number of imidazole rings is 1. The number of nitrogens with two attached hydrogens (primary N) is 1. The fraction of sp³-hybridized carbons (Fsp3) is 0.655. The summed E-state index contributed by atoms with van der Waals surface area (Å²) in [5.41, 5.74) is 11.7. The number of rotatable bonds is 6. The molecule has 2 N–H and O–H groups in total. The molecule has 1 amide bonds. The molecule has 0 unspecified atom stereocenters. The van der Waals surface area contributed by atoms with Crippen molar-refractivity contribution in [2.45, 2.75) is 103 Å². The number of hydrogen-bond acceptors (Lipinski definition) is 3. The molecule has 5 nitrogen and oxygen atoms in total. The molecule has 3 atom stereocenters. The van der Waals surface area contributed by atoms with Gasteiger partial charge in [-0.1, -0.05) is 64.5 Å². The van der Waals surface area contributed by atoms with Gasteiger partial charge in [0, 0.05) is 24.8 Å². The third-order valence-electron chi connectivity index (χ3n) is 8.81. The molecule has 2 aliphatic carbocycles. The molecule has 0 bridgehead atoms. The summed E-state index contributed by atoms with van der Waals surface area (Å²) in [5, 5.41) is 0. The van der Waals surface area contributed by atoms with Gasteiger partial charge < -0.3 is 15.2 Å². The van der Waals surface area contributed by atoms with Gasteiger partial charge >= 0.3 is 0 Å². The number of carbonyl (C=O) groups is 1. The Labute approximate surface area is 205 Å². The van der Waals surface area contributed by atoms with E-state index in [1.54, 1.807) is 0 Å². The van der Waals surface area contributed by atoms with Crippen LogP contribution in [0.2, 0.25) is 0 Å². The van der Waals surface area contributed by atoms with Crippen molar-refractivity contribution in [3.8, 4) is 11.3 Å². The lowest BCUT2D eigenvalue weighted by molar-refractivity contribution is -0.138. The van der Waals surface area contributed by atoms with Gasteiger partial charge in [0.05, 0.1) is 17.8 Å². The van der Waals surface area contributed by atoms with Crippen molar-refractivity contribution in [3.63, 3.8) is 0 Å². The maximum Gasteiger partial charge on any atom is 0.240 e. The third-order valence-corrected chi connectivity index (χ3v) is 8.81. The van der Waals surface area contributed by atoms with Crippen LogP contribution >= 0.6 is 0 Å². The molecule has 1 aliphatic heterocycles. The minimum Gasteiger partial charge on any atom is -0.331 e. The molecule has 3 aliphatic rings. The molecule has 0 spiro atoms. The number of carbonyl (C=O) groups excluding carboxylic acids is 1. The van der Waals surface area contributed by atoms with Crippen LogP contribution in [-0.2, 0) is 24.2 Å². The molecular formula is C29H42N4O. The van der Waals surface area contributed by atoms with Crippen LogP contribution in [0.1, 0.15) is 94.6 Å². The minimum absolute atomic E-state index is 0.0332. The highest BCUT2D eigenvalue weighted by Crippen LogP contribution is 2.38. The Morgan fingerprint density at radius 2 is 1.85 bits per heavy atom. The summed E-state index contributed by atoms with van der Waals surface area (Å²) in [6.07, 6.45) is 15.6. The van der Waals surface area contributed by atoms with Crippen molar-refractivity contribution in [3.05, 3.63) is 41.3 Å². The number of aromatic nitrogens is 2. The molecule has 1 fully saturated rings. The van der Waals surface area contributed by atoms with E-state index in [0.717, 1.165) is 37.4 Å². The van der Waals surface area contributed by atoms with Gasteiger partial charge in [0.15, 0.2) is 0 Å². The average molecular weight is 463 g/mol. The molecule has 184 valence electrons. The fourth-order valence-corrected chi connectivity index (χ4v) is 6.34. The van der Waals surface area contributed by atoms with Gasteiger partial charge in [-0.05, 0) is 61.1 Å². The van der Waals surface area contributed by atoms with Gasteiger partial charge in [-0.2, -0.15) is 0 Å². The first-order valence-electron chi connectivity index (χ1n) is 13.8. The zero-order valence-electron chi connectivity index (χ0n) is 21.1. The van der Waals surface area contributed by atoms with Crippen LogP contribution in [0.5, 0.6) is 0 Å². The largest absolute Gasteiger partial charge is 0.331 e. The van der Waals surface area contributed by atoms with Gasteiger partial charge in [0.1, 0.15) is 5.82 Å². The van der Waals surface area contributed by atoms with Gasteiger partial charge in [-0.15, -0.1) is 0 Å². The van der Waals surface area contributed by atoms with Crippen molar-refractivity contribution >= 4 is 5.91 Å². The van der Waals surface area contributed by atoms with Crippen LogP contribution in [0.25, 0.3) is 11.3 Å². The topological polar surface area (TPSA) is 64.2 Å². The minimum atomic E-state index is -0.430. The summed E-state index contributed by atoms with van der Waals surface area (Å²) in [4.78, 5) is 20.9. The third kappa shape index (κ3) is 4.68. The van der Waals surface area contributed by atoms with E-state index >= 15 is 0 Å². The quantitative estimate of drug-likeness (QED) is 0.603. The Morgan fingerprint density at radius 1 is 1.09 bits per heavy atom. The number of aryl methyl sites for hydroxylation is 2. The van der Waals surface area contributed by atoms with Crippen molar-refractivity contribution < 1.29 is 4.79 Å². The van der Waals surface area contributed by atoms with Crippen molar-refractivity contribution in [1.29, 1.82) is 0 Å². The number of nitrogens with zero attached hydrogens (tertiary/aromatic N) is 3. The number of hydrogen-bond donors (Lipinski definition) is 1. The highest BCUT2D eigenvalue weighted by Gasteiger charge is 2.37. The second-order valence-electron chi connectivity index (χ2n) is 11.1. The smallest absolute Gasteiger partial charge is 0.240 e. The first-order chi connectivity index (χ1) is 16.5. The molecular weight excluding hydrogens is 420 g/mol. The van der Waals surface area contributed by atoms with E-state index in [-0.39, 0.29) is 17.9 Å². The summed E-state index contributed by atoms with van der Waals surface area (Å²) in [7, 11) is 0. The van der Waals surface area contributed by atoms with E-state index in [2.05, 4.69) is 47.7 Å². The predicted molar refractivity (Wildman–Crippen MR) is 137 cm³/mol. The second kappa shape index (κ2) is 10.2. The van der Waals surface area contributed by atoms with E-state index in [9.17, 15) is 4.79 Å². The predicted octanol–water partition coefficient (Wildman–Crippen LogP) is 5.66. The molecule has 0 radical (unpaired) electrons. The van der Waals surface area contributed by atoms with Gasteiger partial charge in [-0.25, -0.2) is 4.98 Å². The molecule has 2 heterocycles. The summed E-state index contributed by atoms with van der Waals surface area (Å²) in [6.45, 7) is 5.74. The van der Waals surface area contributed by atoms with Gasteiger partial charge in [0.25, 0.3) is 0 Å². The average Bonchev–Trinajstić information content (AvgIpc) is 3.33. The fourth-order valence-electron chi connectivity index (χ4n) is 6.34. The second-order valence-corrected chi connectivity index (χ2v) is 11.1. The van der Waals surface area contributed by atoms with Crippen molar-refractivity contribution in [2.24, 2.45) is 17.6 Å². The SMILES string of the molecule is CC[C@H](C)[C@H](N)C(=O)N1CCn2cc(-c3ccc4c(c3)CCCC4)nc2[C@@H]1CC1CCCCC1. The maximum atomic E-state index is 13.6. The summed E-state index contributed by atoms with van der Waals surface area (Å²) in [5.74, 6) is 2.04. The van der Waals surface area contributed by atoms with Gasteiger partial charge in [0.2, 0.25) is 5.91 Å². The van der Waals surface area contributed by atoms with Crippen LogP contribution in [0.4, 0.5) is 0 Å². The molecule has 1 saturated carbocycles.